The number of aryl methyl sites for hydroxylation is 1. The van der Waals surface area contributed by atoms with Gasteiger partial charge in [-0.25, -0.2) is 0 Å². The Balaban J connectivity index is 1.22. The van der Waals surface area contributed by atoms with E-state index in [4.69, 9.17) is 28.4 Å². The van der Waals surface area contributed by atoms with Gasteiger partial charge in [0, 0.05) is 38.0 Å². The van der Waals surface area contributed by atoms with Gasteiger partial charge in [0.25, 0.3) is 0 Å². The molecular formula is C25H36O7. The topological polar surface area (TPSA) is 72.5 Å². The van der Waals surface area contributed by atoms with Gasteiger partial charge < -0.3 is 28.4 Å². The van der Waals surface area contributed by atoms with Crippen LogP contribution in [0.15, 0.2) is 12.1 Å². The number of ketones is 1. The van der Waals surface area contributed by atoms with Crippen LogP contribution in [0.2, 0.25) is 0 Å². The smallest absolute Gasteiger partial charge is 0.163 e. The summed E-state index contributed by atoms with van der Waals surface area (Å²) in [6, 6.07) is 3.81. The van der Waals surface area contributed by atoms with E-state index in [9.17, 15) is 4.79 Å². The molecule has 0 amide bonds. The minimum absolute atomic E-state index is 0.0742. The van der Waals surface area contributed by atoms with Crippen LogP contribution in [0, 0.1) is 0 Å². The van der Waals surface area contributed by atoms with Crippen molar-refractivity contribution in [3.8, 4) is 11.5 Å². The quantitative estimate of drug-likeness (QED) is 0.438. The monoisotopic (exact) mass is 448 g/mol. The van der Waals surface area contributed by atoms with E-state index >= 15 is 0 Å². The van der Waals surface area contributed by atoms with Crippen LogP contribution in [-0.4, -0.2) is 58.0 Å². The third kappa shape index (κ3) is 6.91. The molecule has 2 aliphatic heterocycles. The molecule has 2 unspecified atom stereocenters. The number of fused-ring (bicyclic) bond motifs is 1. The van der Waals surface area contributed by atoms with Crippen molar-refractivity contribution in [3.05, 3.63) is 23.3 Å². The first-order valence-electron chi connectivity index (χ1n) is 12.2. The standard InChI is InChI=1S/C25H36O7/c26-21-10-9-19-17-22(27-13-5-15-31-24-7-1-3-11-29-24)23(18-20(19)21)28-14-6-16-32-25-8-2-4-12-30-25/h17-18,24-25H,1-16H2. The SMILES string of the molecule is O=C1CCc2cc(OCCCOC3CCCCO3)c(OCCCOC3CCCCO3)cc21. The molecule has 1 aromatic rings. The molecule has 32 heavy (non-hydrogen) atoms. The number of carbonyl (C=O) groups is 1. The Labute approximate surface area is 190 Å². The first kappa shape index (κ1) is 23.5. The zero-order valence-corrected chi connectivity index (χ0v) is 19.0. The van der Waals surface area contributed by atoms with Crippen molar-refractivity contribution in [2.24, 2.45) is 0 Å². The number of ether oxygens (including phenoxy) is 6. The first-order chi connectivity index (χ1) is 15.8. The molecule has 1 aliphatic carbocycles. The second kappa shape index (κ2) is 12.5. The summed E-state index contributed by atoms with van der Waals surface area (Å²) in [5.74, 6) is 1.50. The molecule has 3 aliphatic rings. The lowest BCUT2D eigenvalue weighted by Crippen LogP contribution is -2.23. The van der Waals surface area contributed by atoms with Gasteiger partial charge in [-0.15, -0.1) is 0 Å². The van der Waals surface area contributed by atoms with E-state index in [0.29, 0.717) is 44.3 Å². The van der Waals surface area contributed by atoms with Gasteiger partial charge in [0.05, 0.1) is 26.4 Å². The van der Waals surface area contributed by atoms with Gasteiger partial charge in [-0.3, -0.25) is 4.79 Å². The number of hydrogen-bond acceptors (Lipinski definition) is 7. The minimum Gasteiger partial charge on any atom is -0.490 e. The van der Waals surface area contributed by atoms with Gasteiger partial charge in [-0.2, -0.15) is 0 Å². The fourth-order valence-corrected chi connectivity index (χ4v) is 4.27. The Morgan fingerprint density at radius 1 is 0.750 bits per heavy atom. The minimum atomic E-state index is -0.0820. The molecule has 2 fully saturated rings. The summed E-state index contributed by atoms with van der Waals surface area (Å²) >= 11 is 0. The van der Waals surface area contributed by atoms with E-state index in [2.05, 4.69) is 0 Å². The maximum atomic E-state index is 12.2. The number of carbonyl (C=O) groups excluding carboxylic acids is 1. The summed E-state index contributed by atoms with van der Waals surface area (Å²) in [6.07, 6.45) is 9.16. The van der Waals surface area contributed by atoms with E-state index in [1.54, 1.807) is 0 Å². The summed E-state index contributed by atoms with van der Waals surface area (Å²) in [5, 5.41) is 0. The van der Waals surface area contributed by atoms with Gasteiger partial charge in [0.15, 0.2) is 29.9 Å². The average molecular weight is 449 g/mol. The molecule has 0 saturated carbocycles. The Kier molecular flexibility index (Phi) is 9.20. The van der Waals surface area contributed by atoms with E-state index in [1.165, 1.54) is 0 Å². The summed E-state index contributed by atoms with van der Waals surface area (Å²) < 4.78 is 34.8. The van der Waals surface area contributed by atoms with Crippen LogP contribution in [0.3, 0.4) is 0 Å². The molecular weight excluding hydrogens is 412 g/mol. The van der Waals surface area contributed by atoms with Crippen LogP contribution < -0.4 is 9.47 Å². The van der Waals surface area contributed by atoms with Crippen LogP contribution in [0.25, 0.3) is 0 Å². The molecule has 0 radical (unpaired) electrons. The maximum Gasteiger partial charge on any atom is 0.163 e. The van der Waals surface area contributed by atoms with Gasteiger partial charge >= 0.3 is 0 Å². The van der Waals surface area contributed by atoms with Gasteiger partial charge in [-0.1, -0.05) is 0 Å². The highest BCUT2D eigenvalue weighted by Gasteiger charge is 2.23. The summed E-state index contributed by atoms with van der Waals surface area (Å²) in [5.41, 5.74) is 1.80. The van der Waals surface area contributed by atoms with Crippen LogP contribution in [-0.2, 0) is 25.4 Å². The summed E-state index contributed by atoms with van der Waals surface area (Å²) in [7, 11) is 0. The molecule has 0 aromatic heterocycles. The van der Waals surface area contributed by atoms with E-state index in [0.717, 1.165) is 82.1 Å². The fraction of sp³-hybridized carbons (Fsp3) is 0.720. The highest BCUT2D eigenvalue weighted by molar-refractivity contribution is 6.01. The number of benzene rings is 1. The van der Waals surface area contributed by atoms with Crippen LogP contribution in [0.4, 0.5) is 0 Å². The number of hydrogen-bond donors (Lipinski definition) is 0. The van der Waals surface area contributed by atoms with Crippen molar-refractivity contribution in [1.82, 2.24) is 0 Å². The Morgan fingerprint density at radius 3 is 1.91 bits per heavy atom. The Hall–Kier alpha value is -1.67. The predicted molar refractivity (Wildman–Crippen MR) is 118 cm³/mol. The second-order valence-corrected chi connectivity index (χ2v) is 8.62. The molecule has 2 heterocycles. The van der Waals surface area contributed by atoms with Crippen molar-refractivity contribution in [2.75, 3.05) is 39.6 Å². The lowest BCUT2D eigenvalue weighted by molar-refractivity contribution is -0.163. The Morgan fingerprint density at radius 2 is 1.34 bits per heavy atom. The molecule has 178 valence electrons. The third-order valence-electron chi connectivity index (χ3n) is 6.07. The molecule has 0 bridgehead atoms. The molecule has 7 nitrogen and oxygen atoms in total. The van der Waals surface area contributed by atoms with Crippen molar-refractivity contribution in [1.29, 1.82) is 0 Å². The number of Topliss-reactive ketones (excluding diaryl/α,β-unsaturated/α-hetero) is 1. The lowest BCUT2D eigenvalue weighted by Gasteiger charge is -2.23. The molecule has 2 atom stereocenters. The Bertz CT molecular complexity index is 723. The second-order valence-electron chi connectivity index (χ2n) is 8.62. The van der Waals surface area contributed by atoms with Gasteiger partial charge in [-0.05, 0) is 62.6 Å². The number of rotatable bonds is 12. The molecule has 2 saturated heterocycles. The van der Waals surface area contributed by atoms with Crippen molar-refractivity contribution >= 4 is 5.78 Å². The van der Waals surface area contributed by atoms with Crippen LogP contribution >= 0.6 is 0 Å². The van der Waals surface area contributed by atoms with Crippen LogP contribution in [0.5, 0.6) is 11.5 Å². The highest BCUT2D eigenvalue weighted by Crippen LogP contribution is 2.35. The molecule has 4 rings (SSSR count). The zero-order chi connectivity index (χ0) is 22.0. The molecule has 1 aromatic carbocycles. The maximum absolute atomic E-state index is 12.2. The predicted octanol–water partition coefficient (Wildman–Crippen LogP) is 4.44. The third-order valence-corrected chi connectivity index (χ3v) is 6.07. The fourth-order valence-electron chi connectivity index (χ4n) is 4.27. The zero-order valence-electron chi connectivity index (χ0n) is 19.0. The van der Waals surface area contributed by atoms with Crippen LogP contribution in [0.1, 0.15) is 73.7 Å². The largest absolute Gasteiger partial charge is 0.490 e. The van der Waals surface area contributed by atoms with E-state index in [1.807, 2.05) is 12.1 Å². The van der Waals surface area contributed by atoms with E-state index in [-0.39, 0.29) is 18.4 Å². The van der Waals surface area contributed by atoms with Gasteiger partial charge in [0.1, 0.15) is 0 Å². The lowest BCUT2D eigenvalue weighted by atomic mass is 10.1. The average Bonchev–Trinajstić information content (AvgIpc) is 3.19. The highest BCUT2D eigenvalue weighted by atomic mass is 16.7. The van der Waals surface area contributed by atoms with Crippen molar-refractivity contribution in [3.63, 3.8) is 0 Å². The molecule has 0 N–H and O–H groups in total. The van der Waals surface area contributed by atoms with Crippen molar-refractivity contribution in [2.45, 2.75) is 76.8 Å². The first-order valence-corrected chi connectivity index (χ1v) is 12.2. The van der Waals surface area contributed by atoms with Crippen molar-refractivity contribution < 1.29 is 33.2 Å². The normalized spacial score (nSPS) is 23.2. The molecule has 7 heteroatoms. The summed E-state index contributed by atoms with van der Waals surface area (Å²) in [6.45, 7) is 3.78. The van der Waals surface area contributed by atoms with E-state index < -0.39 is 0 Å². The van der Waals surface area contributed by atoms with Gasteiger partial charge in [0.2, 0.25) is 0 Å². The molecule has 0 spiro atoms. The summed E-state index contributed by atoms with van der Waals surface area (Å²) in [4.78, 5) is 12.2.